The number of anilines is 2. The standard InChI is InChI=1S/C18H27N3O2S2/c1-4-20(5-2)18(24)25-14(3)17(22)19-15-6-8-16(9-7-15)21-10-12-23-13-11-21/h6-9,14H,4-5,10-13H2,1-3H3,(H,19,22)/t14-/m0/s1. The number of hydrogen-bond acceptors (Lipinski definition) is 5. The maximum Gasteiger partial charge on any atom is 0.237 e. The Balaban J connectivity index is 1.88. The van der Waals surface area contributed by atoms with Gasteiger partial charge in [0.2, 0.25) is 5.91 Å². The molecule has 0 unspecified atom stereocenters. The second-order valence-electron chi connectivity index (χ2n) is 5.83. The zero-order valence-electron chi connectivity index (χ0n) is 15.2. The van der Waals surface area contributed by atoms with E-state index in [4.69, 9.17) is 17.0 Å². The number of thioether (sulfide) groups is 1. The highest BCUT2D eigenvalue weighted by Gasteiger charge is 2.18. The molecule has 2 rings (SSSR count). The number of carbonyl (C=O) groups is 1. The minimum absolute atomic E-state index is 0.0290. The molecule has 1 aromatic carbocycles. The van der Waals surface area contributed by atoms with Crippen molar-refractivity contribution in [2.75, 3.05) is 49.6 Å². The molecule has 1 fully saturated rings. The molecule has 1 amide bonds. The van der Waals surface area contributed by atoms with E-state index in [0.29, 0.717) is 0 Å². The van der Waals surface area contributed by atoms with E-state index in [0.717, 1.165) is 55.1 Å². The molecule has 5 nitrogen and oxygen atoms in total. The molecule has 0 radical (unpaired) electrons. The van der Waals surface area contributed by atoms with E-state index in [9.17, 15) is 4.79 Å². The Morgan fingerprint density at radius 2 is 1.88 bits per heavy atom. The number of ether oxygens (including phenoxy) is 1. The van der Waals surface area contributed by atoms with Crippen LogP contribution in [-0.2, 0) is 9.53 Å². The van der Waals surface area contributed by atoms with Gasteiger partial charge in [-0.05, 0) is 45.0 Å². The molecule has 0 saturated carbocycles. The van der Waals surface area contributed by atoms with E-state index < -0.39 is 0 Å². The average molecular weight is 382 g/mol. The lowest BCUT2D eigenvalue weighted by Crippen LogP contribution is -2.36. The Labute approximate surface area is 160 Å². The van der Waals surface area contributed by atoms with Crippen LogP contribution in [0, 0.1) is 0 Å². The first-order chi connectivity index (χ1) is 12.0. The molecule has 1 aromatic rings. The van der Waals surface area contributed by atoms with E-state index in [2.05, 4.69) is 29.0 Å². The number of benzene rings is 1. The van der Waals surface area contributed by atoms with Crippen molar-refractivity contribution < 1.29 is 9.53 Å². The maximum atomic E-state index is 12.4. The van der Waals surface area contributed by atoms with Crippen LogP contribution in [-0.4, -0.2) is 59.8 Å². The summed E-state index contributed by atoms with van der Waals surface area (Å²) in [6.45, 7) is 11.1. The fourth-order valence-electron chi connectivity index (χ4n) is 2.58. The summed E-state index contributed by atoms with van der Waals surface area (Å²) in [4.78, 5) is 16.8. The summed E-state index contributed by atoms with van der Waals surface area (Å²) < 4.78 is 6.15. The molecule has 0 aliphatic carbocycles. The topological polar surface area (TPSA) is 44.8 Å². The van der Waals surface area contributed by atoms with E-state index in [1.807, 2.05) is 31.2 Å². The lowest BCUT2D eigenvalue weighted by atomic mass is 10.2. The van der Waals surface area contributed by atoms with Crippen LogP contribution in [0.25, 0.3) is 0 Å². The molecule has 1 saturated heterocycles. The van der Waals surface area contributed by atoms with Gasteiger partial charge in [0.1, 0.15) is 4.32 Å². The smallest absolute Gasteiger partial charge is 0.237 e. The van der Waals surface area contributed by atoms with Crippen LogP contribution < -0.4 is 10.2 Å². The van der Waals surface area contributed by atoms with E-state index >= 15 is 0 Å². The van der Waals surface area contributed by atoms with Gasteiger partial charge in [-0.3, -0.25) is 4.79 Å². The second-order valence-corrected chi connectivity index (χ2v) is 7.81. The number of rotatable bonds is 6. The Kier molecular flexibility index (Phi) is 7.99. The van der Waals surface area contributed by atoms with Gasteiger partial charge >= 0.3 is 0 Å². The zero-order chi connectivity index (χ0) is 18.2. The van der Waals surface area contributed by atoms with Crippen LogP contribution in [0.2, 0.25) is 0 Å². The van der Waals surface area contributed by atoms with Crippen molar-refractivity contribution in [2.45, 2.75) is 26.0 Å². The summed E-state index contributed by atoms with van der Waals surface area (Å²) in [5.41, 5.74) is 1.97. The van der Waals surface area contributed by atoms with Crippen molar-refractivity contribution in [1.82, 2.24) is 4.90 Å². The third kappa shape index (κ3) is 5.87. The molecular weight excluding hydrogens is 354 g/mol. The van der Waals surface area contributed by atoms with Gasteiger partial charge in [-0.2, -0.15) is 0 Å². The first kappa shape index (κ1) is 20.0. The summed E-state index contributed by atoms with van der Waals surface area (Å²) >= 11 is 6.85. The predicted octanol–water partition coefficient (Wildman–Crippen LogP) is 3.21. The summed E-state index contributed by atoms with van der Waals surface area (Å²) in [7, 11) is 0. The largest absolute Gasteiger partial charge is 0.378 e. The number of morpholine rings is 1. The highest BCUT2D eigenvalue weighted by molar-refractivity contribution is 8.23. The van der Waals surface area contributed by atoms with Crippen LogP contribution in [0.4, 0.5) is 11.4 Å². The number of nitrogens with one attached hydrogen (secondary N) is 1. The van der Waals surface area contributed by atoms with E-state index in [1.165, 1.54) is 11.8 Å². The fourth-order valence-corrected chi connectivity index (χ4v) is 4.15. The molecule has 1 atom stereocenters. The summed E-state index contributed by atoms with van der Waals surface area (Å²) in [5, 5.41) is 2.74. The molecule has 1 aliphatic rings. The minimum atomic E-state index is -0.230. The van der Waals surface area contributed by atoms with Crippen LogP contribution in [0.15, 0.2) is 24.3 Å². The number of carbonyl (C=O) groups excluding carboxylic acids is 1. The average Bonchev–Trinajstić information content (AvgIpc) is 2.64. The van der Waals surface area contributed by atoms with Crippen LogP contribution in [0.5, 0.6) is 0 Å². The van der Waals surface area contributed by atoms with E-state index in [1.54, 1.807) is 0 Å². The van der Waals surface area contributed by atoms with Gasteiger partial charge in [0.05, 0.1) is 18.5 Å². The number of thiocarbonyl (C=S) groups is 1. The Morgan fingerprint density at radius 1 is 1.28 bits per heavy atom. The Morgan fingerprint density at radius 3 is 2.44 bits per heavy atom. The van der Waals surface area contributed by atoms with Crippen molar-refractivity contribution >= 4 is 45.6 Å². The maximum absolute atomic E-state index is 12.4. The molecule has 1 aliphatic heterocycles. The first-order valence-corrected chi connectivity index (χ1v) is 10.0. The van der Waals surface area contributed by atoms with Crippen molar-refractivity contribution in [3.8, 4) is 0 Å². The van der Waals surface area contributed by atoms with Gasteiger partial charge in [-0.15, -0.1) is 0 Å². The summed E-state index contributed by atoms with van der Waals surface area (Å²) in [6.07, 6.45) is 0. The monoisotopic (exact) mass is 381 g/mol. The molecule has 0 aromatic heterocycles. The van der Waals surface area contributed by atoms with Crippen LogP contribution in [0.1, 0.15) is 20.8 Å². The van der Waals surface area contributed by atoms with Gasteiger partial charge in [-0.1, -0.05) is 24.0 Å². The molecular formula is C18H27N3O2S2. The number of hydrogen-bond donors (Lipinski definition) is 1. The SMILES string of the molecule is CCN(CC)C(=S)S[C@@H](C)C(=O)Nc1ccc(N2CCOCC2)cc1. The summed E-state index contributed by atoms with van der Waals surface area (Å²) in [6, 6.07) is 7.98. The van der Waals surface area contributed by atoms with Crippen LogP contribution >= 0.6 is 24.0 Å². The molecule has 0 bridgehead atoms. The van der Waals surface area contributed by atoms with Crippen molar-refractivity contribution in [1.29, 1.82) is 0 Å². The lowest BCUT2D eigenvalue weighted by Gasteiger charge is -2.29. The second kappa shape index (κ2) is 9.99. The highest BCUT2D eigenvalue weighted by Crippen LogP contribution is 2.21. The van der Waals surface area contributed by atoms with Gasteiger partial charge in [0.15, 0.2) is 0 Å². The molecule has 25 heavy (non-hydrogen) atoms. The molecule has 1 heterocycles. The van der Waals surface area contributed by atoms with Crippen molar-refractivity contribution in [2.24, 2.45) is 0 Å². The molecule has 138 valence electrons. The van der Waals surface area contributed by atoms with Gasteiger partial charge < -0.3 is 19.9 Å². The quantitative estimate of drug-likeness (QED) is 0.764. The fraction of sp³-hybridized carbons (Fsp3) is 0.556. The minimum Gasteiger partial charge on any atom is -0.378 e. The normalized spacial score (nSPS) is 15.6. The predicted molar refractivity (Wildman–Crippen MR) is 111 cm³/mol. The number of nitrogens with zero attached hydrogens (tertiary/aromatic N) is 2. The Bertz CT molecular complexity index is 570. The third-order valence-corrected chi connectivity index (χ3v) is 5.75. The van der Waals surface area contributed by atoms with Crippen molar-refractivity contribution in [3.63, 3.8) is 0 Å². The summed E-state index contributed by atoms with van der Waals surface area (Å²) in [5.74, 6) is -0.0290. The Hall–Kier alpha value is -1.31. The molecule has 7 heteroatoms. The highest BCUT2D eigenvalue weighted by atomic mass is 32.2. The van der Waals surface area contributed by atoms with Gasteiger partial charge in [-0.25, -0.2) is 0 Å². The van der Waals surface area contributed by atoms with E-state index in [-0.39, 0.29) is 11.2 Å². The van der Waals surface area contributed by atoms with Crippen molar-refractivity contribution in [3.05, 3.63) is 24.3 Å². The van der Waals surface area contributed by atoms with Gasteiger partial charge in [0, 0.05) is 37.6 Å². The lowest BCUT2D eigenvalue weighted by molar-refractivity contribution is -0.115. The molecule has 0 spiro atoms. The van der Waals surface area contributed by atoms with Crippen LogP contribution in [0.3, 0.4) is 0 Å². The van der Waals surface area contributed by atoms with Gasteiger partial charge in [0.25, 0.3) is 0 Å². The zero-order valence-corrected chi connectivity index (χ0v) is 16.8. The number of amides is 1. The third-order valence-electron chi connectivity index (χ3n) is 4.18. The molecule has 1 N–H and O–H groups in total. The first-order valence-electron chi connectivity index (χ1n) is 8.74.